The number of carbonyl (C=O) groups is 3. The molecule has 0 fully saturated rings. The minimum Gasteiger partial charge on any atom is -0.462 e. The Balaban J connectivity index is 1.55. The third-order valence-electron chi connectivity index (χ3n) is 7.04. The van der Waals surface area contributed by atoms with Gasteiger partial charge in [0.1, 0.15) is 5.00 Å². The van der Waals surface area contributed by atoms with Gasteiger partial charge in [-0.2, -0.15) is 0 Å². The van der Waals surface area contributed by atoms with Gasteiger partial charge in [-0.15, -0.1) is 17.9 Å². The highest BCUT2D eigenvalue weighted by molar-refractivity contribution is 7.92. The number of nitrogens with zero attached hydrogens (tertiary/aromatic N) is 1. The fourth-order valence-corrected chi connectivity index (χ4v) is 7.95. The van der Waals surface area contributed by atoms with Crippen molar-refractivity contribution in [3.05, 3.63) is 86.7 Å². The van der Waals surface area contributed by atoms with Gasteiger partial charge in [0.15, 0.2) is 6.10 Å². The molecule has 1 heterocycles. The first-order chi connectivity index (χ1) is 20.9. The van der Waals surface area contributed by atoms with E-state index >= 15 is 0 Å². The van der Waals surface area contributed by atoms with Gasteiger partial charge in [-0.3, -0.25) is 9.10 Å². The summed E-state index contributed by atoms with van der Waals surface area (Å²) in [5.74, 6) is -1.75. The Morgan fingerprint density at radius 3 is 2.52 bits per heavy atom. The van der Waals surface area contributed by atoms with Crippen LogP contribution in [0.5, 0.6) is 0 Å². The molecule has 1 aliphatic rings. The summed E-state index contributed by atoms with van der Waals surface area (Å²) in [6.07, 6.45) is 2.51. The van der Waals surface area contributed by atoms with Crippen LogP contribution < -0.4 is 9.62 Å². The van der Waals surface area contributed by atoms with Crippen molar-refractivity contribution >= 4 is 73.1 Å². The van der Waals surface area contributed by atoms with Gasteiger partial charge in [-0.25, -0.2) is 18.0 Å². The Morgan fingerprint density at radius 2 is 1.86 bits per heavy atom. The van der Waals surface area contributed by atoms with Gasteiger partial charge in [-0.05, 0) is 87.1 Å². The molecule has 13 heteroatoms. The Bertz CT molecular complexity index is 1690. The van der Waals surface area contributed by atoms with Crippen LogP contribution in [0.4, 0.5) is 10.7 Å². The smallest absolute Gasteiger partial charge is 0.341 e. The van der Waals surface area contributed by atoms with Crippen molar-refractivity contribution in [2.24, 2.45) is 5.92 Å². The number of halogens is 2. The predicted molar refractivity (Wildman–Crippen MR) is 173 cm³/mol. The summed E-state index contributed by atoms with van der Waals surface area (Å²) >= 11 is 13.6. The van der Waals surface area contributed by atoms with Crippen LogP contribution in [0.1, 0.15) is 58.3 Å². The molecule has 1 N–H and O–H groups in total. The molecule has 2 aromatic carbocycles. The molecule has 0 saturated heterocycles. The molecule has 44 heavy (non-hydrogen) atoms. The quantitative estimate of drug-likeness (QED) is 0.173. The van der Waals surface area contributed by atoms with Crippen molar-refractivity contribution in [1.82, 2.24) is 0 Å². The molecule has 2 unspecified atom stereocenters. The number of anilines is 2. The van der Waals surface area contributed by atoms with Crippen LogP contribution in [-0.4, -0.2) is 45.5 Å². The molecule has 1 aromatic heterocycles. The number of carbonyl (C=O) groups excluding carboxylic acids is 3. The van der Waals surface area contributed by atoms with Crippen molar-refractivity contribution < 1.29 is 32.3 Å². The SMILES string of the molecule is C=CCN(c1ccc(Cl)cc1)S(=O)(=O)c1ccc(Cl)c(C(=O)OC(C)C(=O)Nc2sc3c(c2C(=O)OCC)CCC(C)C3)c1. The number of hydrogen-bond acceptors (Lipinski definition) is 8. The normalized spacial score (nSPS) is 15.1. The maximum absolute atomic E-state index is 13.6. The number of thiophene rings is 1. The number of amides is 1. The van der Waals surface area contributed by atoms with Crippen LogP contribution in [0.2, 0.25) is 10.0 Å². The molecule has 1 amide bonds. The van der Waals surface area contributed by atoms with Crippen molar-refractivity contribution in [1.29, 1.82) is 0 Å². The zero-order valence-corrected chi connectivity index (χ0v) is 27.5. The molecule has 2 atom stereocenters. The Morgan fingerprint density at radius 1 is 1.16 bits per heavy atom. The van der Waals surface area contributed by atoms with E-state index in [9.17, 15) is 22.8 Å². The summed E-state index contributed by atoms with van der Waals surface area (Å²) in [5.41, 5.74) is 1.30. The average molecular weight is 680 g/mol. The molecule has 1 aliphatic carbocycles. The summed E-state index contributed by atoms with van der Waals surface area (Å²) in [6, 6.07) is 9.85. The highest BCUT2D eigenvalue weighted by atomic mass is 35.5. The van der Waals surface area contributed by atoms with Crippen LogP contribution in [0.25, 0.3) is 0 Å². The number of esters is 2. The van der Waals surface area contributed by atoms with Crippen LogP contribution >= 0.6 is 34.5 Å². The second kappa shape index (κ2) is 14.2. The number of sulfonamides is 1. The number of rotatable bonds is 11. The first-order valence-corrected chi connectivity index (χ1v) is 16.9. The largest absolute Gasteiger partial charge is 0.462 e. The predicted octanol–water partition coefficient (Wildman–Crippen LogP) is 6.92. The van der Waals surface area contributed by atoms with E-state index in [4.69, 9.17) is 32.7 Å². The van der Waals surface area contributed by atoms with Gasteiger partial charge in [0, 0.05) is 9.90 Å². The molecule has 0 aliphatic heterocycles. The standard InChI is InChI=1S/C31H32Cl2N2O7S2/c1-5-15-35(21-10-8-20(32)9-11-21)44(39,40)22-12-14-25(33)24(17-22)30(37)42-19(4)28(36)34-29-27(31(38)41-6-2)23-13-7-18(3)16-26(23)43-29/h5,8-12,14,17-19H,1,6-7,13,15-16H2,2-4H3,(H,34,36). The van der Waals surface area contributed by atoms with Gasteiger partial charge in [0.25, 0.3) is 15.9 Å². The minimum absolute atomic E-state index is 0.0531. The fourth-order valence-electron chi connectivity index (χ4n) is 4.76. The van der Waals surface area contributed by atoms with E-state index < -0.39 is 34.0 Å². The fraction of sp³-hybridized carbons (Fsp3) is 0.323. The van der Waals surface area contributed by atoms with E-state index in [1.807, 2.05) is 0 Å². The molecule has 0 saturated carbocycles. The first kappa shape index (κ1) is 33.5. The Hall–Kier alpha value is -3.38. The number of nitrogens with one attached hydrogen (secondary N) is 1. The van der Waals surface area contributed by atoms with Crippen LogP contribution in [0.15, 0.2) is 60.0 Å². The second-order valence-electron chi connectivity index (χ2n) is 10.3. The second-order valence-corrected chi connectivity index (χ2v) is 14.1. The van der Waals surface area contributed by atoms with Crippen LogP contribution in [-0.2, 0) is 37.1 Å². The summed E-state index contributed by atoms with van der Waals surface area (Å²) in [4.78, 5) is 39.9. The highest BCUT2D eigenvalue weighted by Crippen LogP contribution is 2.40. The van der Waals surface area contributed by atoms with Crippen molar-refractivity contribution in [3.8, 4) is 0 Å². The lowest BCUT2D eigenvalue weighted by atomic mass is 9.88. The molecule has 4 rings (SSSR count). The molecular weight excluding hydrogens is 647 g/mol. The van der Waals surface area contributed by atoms with Crippen molar-refractivity contribution in [3.63, 3.8) is 0 Å². The van der Waals surface area contributed by atoms with Gasteiger partial charge >= 0.3 is 11.9 Å². The summed E-state index contributed by atoms with van der Waals surface area (Å²) < 4.78 is 39.0. The van der Waals surface area contributed by atoms with Crippen LogP contribution in [0.3, 0.4) is 0 Å². The Labute approximate surface area is 270 Å². The lowest BCUT2D eigenvalue weighted by Gasteiger charge is -2.23. The molecule has 0 radical (unpaired) electrons. The summed E-state index contributed by atoms with van der Waals surface area (Å²) in [7, 11) is -4.18. The molecule has 0 bridgehead atoms. The number of benzene rings is 2. The average Bonchev–Trinajstić information content (AvgIpc) is 3.33. The lowest BCUT2D eigenvalue weighted by molar-refractivity contribution is -0.123. The highest BCUT2D eigenvalue weighted by Gasteiger charge is 2.31. The van der Waals surface area contributed by atoms with Gasteiger partial charge in [0.05, 0.1) is 39.9 Å². The van der Waals surface area contributed by atoms with E-state index in [0.717, 1.165) is 33.7 Å². The maximum Gasteiger partial charge on any atom is 0.341 e. The van der Waals surface area contributed by atoms with E-state index in [2.05, 4.69) is 18.8 Å². The lowest BCUT2D eigenvalue weighted by Crippen LogP contribution is -2.32. The van der Waals surface area contributed by atoms with Crippen molar-refractivity contribution in [2.45, 2.75) is 51.0 Å². The molecule has 3 aromatic rings. The third kappa shape index (κ3) is 7.28. The zero-order chi connectivity index (χ0) is 32.2. The topological polar surface area (TPSA) is 119 Å². The molecule has 234 valence electrons. The van der Waals surface area contributed by atoms with E-state index in [0.29, 0.717) is 33.6 Å². The number of ether oxygens (including phenoxy) is 2. The molecule has 9 nitrogen and oxygen atoms in total. The summed E-state index contributed by atoms with van der Waals surface area (Å²) in [6.45, 7) is 8.98. The molecule has 0 spiro atoms. The van der Waals surface area contributed by atoms with Crippen LogP contribution in [0, 0.1) is 5.92 Å². The monoisotopic (exact) mass is 678 g/mol. The maximum atomic E-state index is 13.6. The van der Waals surface area contributed by atoms with E-state index in [-0.39, 0.29) is 28.6 Å². The summed E-state index contributed by atoms with van der Waals surface area (Å²) in [5, 5.41) is 3.44. The van der Waals surface area contributed by atoms with Gasteiger partial charge in [0.2, 0.25) is 0 Å². The van der Waals surface area contributed by atoms with E-state index in [1.54, 1.807) is 31.2 Å². The van der Waals surface area contributed by atoms with Crippen molar-refractivity contribution in [2.75, 3.05) is 22.8 Å². The molecular formula is C31H32Cl2N2O7S2. The minimum atomic E-state index is -4.18. The number of hydrogen-bond donors (Lipinski definition) is 1. The third-order valence-corrected chi connectivity index (χ3v) is 10.6. The first-order valence-electron chi connectivity index (χ1n) is 13.9. The zero-order valence-electron chi connectivity index (χ0n) is 24.4. The van der Waals surface area contributed by atoms with E-state index in [1.165, 1.54) is 36.5 Å². The van der Waals surface area contributed by atoms with Gasteiger partial charge < -0.3 is 14.8 Å². The Kier molecular flexibility index (Phi) is 10.8. The number of fused-ring (bicyclic) bond motifs is 1. The van der Waals surface area contributed by atoms with Gasteiger partial charge in [-0.1, -0.05) is 36.2 Å².